The normalized spacial score (nSPS) is 15.2. The molecule has 0 atom stereocenters. The lowest BCUT2D eigenvalue weighted by Gasteiger charge is -2.14. The van der Waals surface area contributed by atoms with Gasteiger partial charge in [0.15, 0.2) is 11.5 Å². The lowest BCUT2D eigenvalue weighted by Crippen LogP contribution is -2.28. The minimum atomic E-state index is -0.0698. The third-order valence-corrected chi connectivity index (χ3v) is 6.81. The van der Waals surface area contributed by atoms with Crippen molar-refractivity contribution in [3.05, 3.63) is 60.9 Å². The number of thioether (sulfide) groups is 1. The van der Waals surface area contributed by atoms with Crippen LogP contribution in [0.25, 0.3) is 6.08 Å². The number of thiocarbonyl (C=S) groups is 1. The molecule has 1 amide bonds. The first kappa shape index (κ1) is 23.4. The Balaban J connectivity index is 1.84. The Morgan fingerprint density at radius 1 is 1.27 bits per heavy atom. The zero-order valence-corrected chi connectivity index (χ0v) is 20.9. The Hall–Kier alpha value is -1.25. The molecule has 3 rings (SSSR count). The first-order valence-corrected chi connectivity index (χ1v) is 11.8. The number of carbonyl (C=O) groups excluding carboxylic acids is 1. The third kappa shape index (κ3) is 5.32. The van der Waals surface area contributed by atoms with Crippen LogP contribution in [0.3, 0.4) is 0 Å². The zero-order valence-electron chi connectivity index (χ0n) is 16.2. The van der Waals surface area contributed by atoms with Gasteiger partial charge in [-0.1, -0.05) is 60.2 Å². The van der Waals surface area contributed by atoms with Crippen LogP contribution in [-0.4, -0.2) is 28.8 Å². The summed E-state index contributed by atoms with van der Waals surface area (Å²) in [5.41, 5.74) is 1.60. The molecule has 1 aliphatic rings. The Kier molecular flexibility index (Phi) is 8.10. The molecular weight excluding hydrogens is 529 g/mol. The van der Waals surface area contributed by atoms with Crippen molar-refractivity contribution in [3.63, 3.8) is 0 Å². The lowest BCUT2D eigenvalue weighted by molar-refractivity contribution is -0.122. The summed E-state index contributed by atoms with van der Waals surface area (Å²) in [7, 11) is 1.56. The number of amides is 1. The van der Waals surface area contributed by atoms with Crippen LogP contribution < -0.4 is 9.47 Å². The molecule has 0 spiro atoms. The highest BCUT2D eigenvalue weighted by Crippen LogP contribution is 2.40. The van der Waals surface area contributed by atoms with E-state index in [9.17, 15) is 4.79 Å². The van der Waals surface area contributed by atoms with Gasteiger partial charge in [-0.25, -0.2) is 0 Å². The van der Waals surface area contributed by atoms with Crippen molar-refractivity contribution in [2.24, 2.45) is 0 Å². The van der Waals surface area contributed by atoms with Gasteiger partial charge in [-0.2, -0.15) is 0 Å². The molecule has 0 N–H and O–H groups in total. The number of hydrogen-bond donors (Lipinski definition) is 0. The fraction of sp³-hybridized carbons (Fsp3) is 0.238. The van der Waals surface area contributed by atoms with Gasteiger partial charge in [-0.15, -0.1) is 0 Å². The van der Waals surface area contributed by atoms with Gasteiger partial charge in [0.25, 0.3) is 5.91 Å². The average molecular weight is 547 g/mol. The highest BCUT2D eigenvalue weighted by molar-refractivity contribution is 9.10. The maximum atomic E-state index is 12.6. The van der Waals surface area contributed by atoms with Crippen molar-refractivity contribution < 1.29 is 14.3 Å². The quantitative estimate of drug-likeness (QED) is 0.277. The molecule has 1 saturated heterocycles. The molecule has 2 aromatic rings. The molecule has 0 aromatic heterocycles. The Bertz CT molecular complexity index is 1030. The van der Waals surface area contributed by atoms with E-state index in [0.29, 0.717) is 41.8 Å². The molecule has 1 aliphatic heterocycles. The van der Waals surface area contributed by atoms with Crippen LogP contribution in [0.5, 0.6) is 11.5 Å². The minimum absolute atomic E-state index is 0.0698. The molecule has 30 heavy (non-hydrogen) atoms. The largest absolute Gasteiger partial charge is 0.493 e. The fourth-order valence-electron chi connectivity index (χ4n) is 2.82. The van der Waals surface area contributed by atoms with Crippen LogP contribution in [-0.2, 0) is 11.4 Å². The van der Waals surface area contributed by atoms with Gasteiger partial charge in [0.2, 0.25) is 0 Å². The number of methoxy groups -OCH3 is 1. The molecule has 158 valence electrons. The van der Waals surface area contributed by atoms with E-state index >= 15 is 0 Å². The number of benzene rings is 2. The number of rotatable bonds is 7. The molecule has 0 unspecified atom stereocenters. The van der Waals surface area contributed by atoms with Gasteiger partial charge in [0.05, 0.1) is 16.5 Å². The number of carbonyl (C=O) groups is 1. The molecule has 0 saturated carbocycles. The minimum Gasteiger partial charge on any atom is -0.493 e. The highest BCUT2D eigenvalue weighted by Gasteiger charge is 2.31. The van der Waals surface area contributed by atoms with E-state index in [2.05, 4.69) is 15.9 Å². The summed E-state index contributed by atoms with van der Waals surface area (Å²) in [4.78, 5) is 14.8. The molecule has 1 heterocycles. The van der Waals surface area contributed by atoms with Crippen molar-refractivity contribution in [1.82, 2.24) is 4.90 Å². The standard InChI is InChI=1S/C21H18BrCl2NO3S2/c1-3-6-25-20(26)18(30-21(25)29)9-12-7-15(22)19(17(8-12)27-2)28-11-13-4-5-14(23)10-16(13)24/h4-5,7-10H,3,6,11H2,1-2H3/b18-9+. The summed E-state index contributed by atoms with van der Waals surface area (Å²) in [5.74, 6) is 1.00. The summed E-state index contributed by atoms with van der Waals surface area (Å²) in [6.07, 6.45) is 2.66. The number of halogens is 3. The summed E-state index contributed by atoms with van der Waals surface area (Å²) >= 11 is 22.3. The lowest BCUT2D eigenvalue weighted by atomic mass is 10.1. The average Bonchev–Trinajstić information content (AvgIpc) is 2.95. The molecular formula is C21H18BrCl2NO3S2. The van der Waals surface area contributed by atoms with Gasteiger partial charge in [-0.3, -0.25) is 9.69 Å². The zero-order chi connectivity index (χ0) is 21.8. The van der Waals surface area contributed by atoms with Gasteiger partial charge in [0.1, 0.15) is 10.9 Å². The van der Waals surface area contributed by atoms with Crippen molar-refractivity contribution >= 4 is 79.4 Å². The van der Waals surface area contributed by atoms with Crippen LogP contribution in [0.15, 0.2) is 39.7 Å². The summed E-state index contributed by atoms with van der Waals surface area (Å²) < 4.78 is 12.7. The second-order valence-corrected chi connectivity index (χ2v) is 9.77. The van der Waals surface area contributed by atoms with Crippen LogP contribution in [0, 0.1) is 0 Å². The summed E-state index contributed by atoms with van der Waals surface area (Å²) in [6.45, 7) is 2.88. The first-order valence-electron chi connectivity index (χ1n) is 9.03. The van der Waals surface area contributed by atoms with Crippen molar-refractivity contribution in [3.8, 4) is 11.5 Å². The topological polar surface area (TPSA) is 38.8 Å². The highest BCUT2D eigenvalue weighted by atomic mass is 79.9. The van der Waals surface area contributed by atoms with E-state index in [1.165, 1.54) is 11.8 Å². The predicted octanol–water partition coefficient (Wildman–Crippen LogP) is 6.95. The van der Waals surface area contributed by atoms with Crippen LogP contribution >= 0.6 is 63.1 Å². The van der Waals surface area contributed by atoms with E-state index in [1.807, 2.05) is 31.2 Å². The molecule has 0 bridgehead atoms. The molecule has 0 radical (unpaired) electrons. The van der Waals surface area contributed by atoms with Gasteiger partial charge in [-0.05, 0) is 58.3 Å². The monoisotopic (exact) mass is 545 g/mol. The van der Waals surface area contributed by atoms with E-state index in [-0.39, 0.29) is 12.5 Å². The molecule has 0 aliphatic carbocycles. The first-order chi connectivity index (χ1) is 14.3. The summed E-state index contributed by atoms with van der Waals surface area (Å²) in [5, 5.41) is 1.10. The van der Waals surface area contributed by atoms with Gasteiger partial charge in [0, 0.05) is 22.2 Å². The van der Waals surface area contributed by atoms with Crippen molar-refractivity contribution in [1.29, 1.82) is 0 Å². The Morgan fingerprint density at radius 2 is 2.03 bits per heavy atom. The van der Waals surface area contributed by atoms with E-state index < -0.39 is 0 Å². The SMILES string of the molecule is CCCN1C(=O)/C(=C\c2cc(Br)c(OCc3ccc(Cl)cc3Cl)c(OC)c2)SC1=S. The Morgan fingerprint density at radius 3 is 2.70 bits per heavy atom. The van der Waals surface area contributed by atoms with Crippen LogP contribution in [0.2, 0.25) is 10.0 Å². The second kappa shape index (κ2) is 10.4. The van der Waals surface area contributed by atoms with Crippen molar-refractivity contribution in [2.75, 3.05) is 13.7 Å². The van der Waals surface area contributed by atoms with Crippen LogP contribution in [0.4, 0.5) is 0 Å². The van der Waals surface area contributed by atoms with Crippen molar-refractivity contribution in [2.45, 2.75) is 20.0 Å². The maximum absolute atomic E-state index is 12.6. The summed E-state index contributed by atoms with van der Waals surface area (Å²) in [6, 6.07) is 8.93. The number of ether oxygens (including phenoxy) is 2. The third-order valence-electron chi connectivity index (χ3n) is 4.26. The molecule has 4 nitrogen and oxygen atoms in total. The number of nitrogens with zero attached hydrogens (tertiary/aromatic N) is 1. The van der Waals surface area contributed by atoms with Gasteiger partial charge >= 0.3 is 0 Å². The fourth-order valence-corrected chi connectivity index (χ4v) is 5.17. The van der Waals surface area contributed by atoms with Crippen LogP contribution in [0.1, 0.15) is 24.5 Å². The molecule has 2 aromatic carbocycles. The van der Waals surface area contributed by atoms with E-state index in [1.54, 1.807) is 24.1 Å². The Labute approximate surface area is 203 Å². The number of hydrogen-bond acceptors (Lipinski definition) is 5. The maximum Gasteiger partial charge on any atom is 0.266 e. The predicted molar refractivity (Wildman–Crippen MR) is 132 cm³/mol. The second-order valence-electron chi connectivity index (χ2n) is 6.39. The van der Waals surface area contributed by atoms with Gasteiger partial charge < -0.3 is 9.47 Å². The van der Waals surface area contributed by atoms with E-state index in [4.69, 9.17) is 44.9 Å². The smallest absolute Gasteiger partial charge is 0.266 e. The van der Waals surface area contributed by atoms with E-state index in [0.717, 1.165) is 17.5 Å². The molecule has 1 fully saturated rings. The molecule has 9 heteroatoms.